The van der Waals surface area contributed by atoms with Crippen LogP contribution in [0.1, 0.15) is 18.4 Å². The van der Waals surface area contributed by atoms with Crippen LogP contribution in [-0.4, -0.2) is 30.2 Å². The van der Waals surface area contributed by atoms with Gasteiger partial charge in [-0.2, -0.15) is 0 Å². The van der Waals surface area contributed by atoms with Gasteiger partial charge in [-0.25, -0.2) is 4.90 Å². The second kappa shape index (κ2) is 8.37. The molecule has 40 heavy (non-hydrogen) atoms. The zero-order chi connectivity index (χ0) is 27.3. The minimum Gasteiger partial charge on any atom is -0.426 e. The topological polar surface area (TPSA) is 84.0 Å². The van der Waals surface area contributed by atoms with Crippen LogP contribution in [0.25, 0.3) is 10.8 Å². The average molecular weight is 533 g/mol. The quantitative estimate of drug-likeness (QED) is 0.211. The SMILES string of the molecule is Cc1cc(OC(=O)[C@@H]2CC(=O)N(c3cccc4ccccc34)C2)ccc1N1C(=O)[C@@H]2[C@H]3C=C[C@@H]([C@@H]4C[C@H]34)[C@H]2C1=O. The molecule has 0 radical (unpaired) electrons. The standard InChI is InChI=1S/C33H28N2O5/c1-17-13-20(9-12-26(17)35-31(37)29-22-10-11-23(25-15-24(22)25)30(29)32(35)38)40-33(39)19-14-28(36)34(16-19)27-8-4-6-18-5-2-3-7-21(18)27/h2-13,19,22-25,29-30H,14-16H2,1H3/t19-,22+,23+,24-,25+,29-,30-/m1/s1. The minimum atomic E-state index is -0.592. The Morgan fingerprint density at radius 1 is 0.850 bits per heavy atom. The summed E-state index contributed by atoms with van der Waals surface area (Å²) in [7, 11) is 0. The molecular formula is C33H28N2O5. The van der Waals surface area contributed by atoms with Crippen molar-refractivity contribution in [2.75, 3.05) is 16.3 Å². The molecule has 7 nitrogen and oxygen atoms in total. The van der Waals surface area contributed by atoms with Gasteiger partial charge in [-0.1, -0.05) is 48.6 Å². The maximum Gasteiger partial charge on any atom is 0.316 e. The molecule has 2 bridgehead atoms. The Bertz CT molecular complexity index is 1640. The van der Waals surface area contributed by atoms with Crippen LogP contribution in [0.5, 0.6) is 5.75 Å². The van der Waals surface area contributed by atoms with E-state index in [1.165, 1.54) is 4.90 Å². The van der Waals surface area contributed by atoms with Gasteiger partial charge in [-0.3, -0.25) is 19.2 Å². The second-order valence-corrected chi connectivity index (χ2v) is 11.9. The highest BCUT2D eigenvalue weighted by Crippen LogP contribution is 2.65. The van der Waals surface area contributed by atoms with E-state index in [2.05, 4.69) is 12.2 Å². The van der Waals surface area contributed by atoms with E-state index in [4.69, 9.17) is 4.74 Å². The minimum absolute atomic E-state index is 0.0804. The molecule has 7 atom stereocenters. The number of imide groups is 1. The number of esters is 1. The summed E-state index contributed by atoms with van der Waals surface area (Å²) in [5.41, 5.74) is 2.03. The van der Waals surface area contributed by atoms with Gasteiger partial charge in [0, 0.05) is 18.4 Å². The van der Waals surface area contributed by atoms with Crippen LogP contribution >= 0.6 is 0 Å². The molecule has 0 aromatic heterocycles. The number of ether oxygens (including phenoxy) is 1. The van der Waals surface area contributed by atoms with Crippen LogP contribution in [0, 0.1) is 48.3 Å². The van der Waals surface area contributed by atoms with E-state index in [0.29, 0.717) is 28.8 Å². The van der Waals surface area contributed by atoms with Gasteiger partial charge in [0.2, 0.25) is 17.7 Å². The molecule has 2 saturated heterocycles. The number of benzene rings is 3. The molecule has 200 valence electrons. The summed E-state index contributed by atoms with van der Waals surface area (Å²) in [6.45, 7) is 2.07. The van der Waals surface area contributed by atoms with Crippen molar-refractivity contribution in [1.29, 1.82) is 0 Å². The van der Waals surface area contributed by atoms with Crippen LogP contribution in [0.3, 0.4) is 0 Å². The maximum absolute atomic E-state index is 13.5. The van der Waals surface area contributed by atoms with Crippen molar-refractivity contribution >= 4 is 45.8 Å². The van der Waals surface area contributed by atoms with E-state index in [1.54, 1.807) is 23.1 Å². The van der Waals surface area contributed by atoms with Gasteiger partial charge in [-0.15, -0.1) is 0 Å². The molecule has 4 aliphatic carbocycles. The molecule has 2 heterocycles. The molecule has 3 amide bonds. The molecule has 2 saturated carbocycles. The molecule has 2 aliphatic heterocycles. The Morgan fingerprint density at radius 2 is 1.55 bits per heavy atom. The zero-order valence-corrected chi connectivity index (χ0v) is 22.0. The predicted octanol–water partition coefficient (Wildman–Crippen LogP) is 4.66. The van der Waals surface area contributed by atoms with E-state index < -0.39 is 11.9 Å². The van der Waals surface area contributed by atoms with E-state index in [1.807, 2.05) is 49.4 Å². The Hall–Kier alpha value is -4.26. The first-order chi connectivity index (χ1) is 19.4. The molecule has 6 aliphatic rings. The number of carbonyl (C=O) groups is 4. The third kappa shape index (κ3) is 3.30. The van der Waals surface area contributed by atoms with Crippen molar-refractivity contribution in [3.05, 3.63) is 78.4 Å². The first kappa shape index (κ1) is 23.6. The van der Waals surface area contributed by atoms with Crippen molar-refractivity contribution in [3.63, 3.8) is 0 Å². The van der Waals surface area contributed by atoms with Crippen LogP contribution < -0.4 is 14.5 Å². The summed E-state index contributed by atoms with van der Waals surface area (Å²) in [6, 6.07) is 18.7. The van der Waals surface area contributed by atoms with Gasteiger partial charge in [-0.05, 0) is 72.2 Å². The Morgan fingerprint density at radius 3 is 2.27 bits per heavy atom. The molecule has 4 fully saturated rings. The Balaban J connectivity index is 0.993. The summed E-state index contributed by atoms with van der Waals surface area (Å²) in [4.78, 5) is 56.1. The summed E-state index contributed by atoms with van der Waals surface area (Å²) < 4.78 is 5.71. The van der Waals surface area contributed by atoms with Crippen LogP contribution in [0.15, 0.2) is 72.8 Å². The summed E-state index contributed by atoms with van der Waals surface area (Å²) in [6.07, 6.45) is 5.54. The lowest BCUT2D eigenvalue weighted by Crippen LogP contribution is -2.40. The highest BCUT2D eigenvalue weighted by molar-refractivity contribution is 6.23. The van der Waals surface area contributed by atoms with Crippen molar-refractivity contribution < 1.29 is 23.9 Å². The number of fused-ring (bicyclic) bond motifs is 1. The summed E-state index contributed by atoms with van der Waals surface area (Å²) in [5.74, 6) is -0.120. The number of amides is 3. The van der Waals surface area contributed by atoms with Gasteiger partial charge in [0.1, 0.15) is 5.75 Å². The number of nitrogens with zero attached hydrogens (tertiary/aromatic N) is 2. The lowest BCUT2D eigenvalue weighted by Gasteiger charge is -2.37. The number of hydrogen-bond acceptors (Lipinski definition) is 5. The molecule has 3 aromatic rings. The van der Waals surface area contributed by atoms with E-state index >= 15 is 0 Å². The molecule has 9 rings (SSSR count). The third-order valence-corrected chi connectivity index (χ3v) is 9.81. The first-order valence-electron chi connectivity index (χ1n) is 14.1. The number of aryl methyl sites for hydroxylation is 1. The van der Waals surface area contributed by atoms with Crippen LogP contribution in [0.2, 0.25) is 0 Å². The van der Waals surface area contributed by atoms with Gasteiger partial charge in [0.15, 0.2) is 0 Å². The first-order valence-corrected chi connectivity index (χ1v) is 14.1. The van der Waals surface area contributed by atoms with Gasteiger partial charge < -0.3 is 9.64 Å². The van der Waals surface area contributed by atoms with Crippen molar-refractivity contribution in [2.45, 2.75) is 19.8 Å². The molecule has 7 heteroatoms. The fourth-order valence-electron chi connectivity index (χ4n) is 7.88. The smallest absolute Gasteiger partial charge is 0.316 e. The molecular weight excluding hydrogens is 504 g/mol. The van der Waals surface area contributed by atoms with E-state index in [-0.39, 0.29) is 54.4 Å². The van der Waals surface area contributed by atoms with Crippen molar-refractivity contribution in [3.8, 4) is 5.75 Å². The van der Waals surface area contributed by atoms with E-state index in [0.717, 1.165) is 22.9 Å². The maximum atomic E-state index is 13.5. The number of carbonyl (C=O) groups excluding carboxylic acids is 4. The van der Waals surface area contributed by atoms with Crippen LogP contribution in [-0.2, 0) is 19.2 Å². The fraction of sp³-hybridized carbons (Fsp3) is 0.333. The lowest BCUT2D eigenvalue weighted by molar-refractivity contribution is -0.139. The number of rotatable bonds is 4. The predicted molar refractivity (Wildman–Crippen MR) is 148 cm³/mol. The highest BCUT2D eigenvalue weighted by Gasteiger charge is 2.67. The molecule has 0 unspecified atom stereocenters. The molecule has 0 spiro atoms. The van der Waals surface area contributed by atoms with Crippen molar-refractivity contribution in [2.24, 2.45) is 41.4 Å². The zero-order valence-electron chi connectivity index (χ0n) is 22.0. The summed E-state index contributed by atoms with van der Waals surface area (Å²) in [5, 5.41) is 1.99. The van der Waals surface area contributed by atoms with Crippen LogP contribution in [0.4, 0.5) is 11.4 Å². The Labute approximate surface area is 231 Å². The third-order valence-electron chi connectivity index (χ3n) is 9.81. The lowest BCUT2D eigenvalue weighted by atomic mass is 9.63. The average Bonchev–Trinajstić information content (AvgIpc) is 3.64. The van der Waals surface area contributed by atoms with Gasteiger partial charge >= 0.3 is 5.97 Å². The highest BCUT2D eigenvalue weighted by atomic mass is 16.5. The second-order valence-electron chi connectivity index (χ2n) is 11.9. The van der Waals surface area contributed by atoms with Gasteiger partial charge in [0.25, 0.3) is 0 Å². The largest absolute Gasteiger partial charge is 0.426 e. The fourth-order valence-corrected chi connectivity index (χ4v) is 7.88. The summed E-state index contributed by atoms with van der Waals surface area (Å²) >= 11 is 0. The number of allylic oxidation sites excluding steroid dienone is 2. The van der Waals surface area contributed by atoms with Gasteiger partial charge in [0.05, 0.1) is 29.1 Å². The molecule has 0 N–H and O–H groups in total. The monoisotopic (exact) mass is 532 g/mol. The number of anilines is 2. The Kier molecular flexibility index (Phi) is 4.94. The van der Waals surface area contributed by atoms with E-state index in [9.17, 15) is 19.2 Å². The number of hydrogen-bond donors (Lipinski definition) is 0. The normalized spacial score (nSPS) is 31.6. The molecule has 3 aromatic carbocycles. The van der Waals surface area contributed by atoms with Crippen molar-refractivity contribution in [1.82, 2.24) is 0 Å².